The van der Waals surface area contributed by atoms with Gasteiger partial charge in [0.15, 0.2) is 9.84 Å². The van der Waals surface area contributed by atoms with E-state index in [2.05, 4.69) is 0 Å². The largest absolute Gasteiger partial charge is 0.398 e. The summed E-state index contributed by atoms with van der Waals surface area (Å²) in [4.78, 5) is 0. The van der Waals surface area contributed by atoms with Crippen LogP contribution in [0.5, 0.6) is 0 Å². The smallest absolute Gasteiger partial charge is 0.192 e. The average molecular weight is 271 g/mol. The first-order chi connectivity index (χ1) is 8.00. The molecular weight excluding hydrogens is 261 g/mol. The molecule has 2 aromatic rings. The number of nitrogen functional groups attached to an aromatic ring is 1. The van der Waals surface area contributed by atoms with Gasteiger partial charge in [0.1, 0.15) is 10.0 Å². The van der Waals surface area contributed by atoms with E-state index >= 15 is 0 Å². The van der Waals surface area contributed by atoms with E-state index in [-0.39, 0.29) is 15.5 Å². The Balaban J connectivity index is 2.40. The highest BCUT2D eigenvalue weighted by Crippen LogP contribution is 2.25. The molecule has 0 atom stereocenters. The summed E-state index contributed by atoms with van der Waals surface area (Å²) in [5.74, 6) is -1.00. The molecule has 0 saturated heterocycles. The van der Waals surface area contributed by atoms with Gasteiger partial charge in [0.05, 0.1) is 5.75 Å². The SMILES string of the molecule is Nc1cccc(F)c1CS(=O)(=O)c1cccs1. The third-order valence-corrected chi connectivity index (χ3v) is 5.42. The number of anilines is 1. The zero-order chi connectivity index (χ0) is 12.5. The van der Waals surface area contributed by atoms with E-state index < -0.39 is 21.4 Å². The zero-order valence-electron chi connectivity index (χ0n) is 8.76. The van der Waals surface area contributed by atoms with Crippen molar-refractivity contribution in [1.29, 1.82) is 0 Å². The van der Waals surface area contributed by atoms with Crippen LogP contribution in [0.4, 0.5) is 10.1 Å². The highest BCUT2D eigenvalue weighted by atomic mass is 32.2. The second kappa shape index (κ2) is 4.46. The van der Waals surface area contributed by atoms with Crippen molar-refractivity contribution in [2.45, 2.75) is 9.96 Å². The minimum Gasteiger partial charge on any atom is -0.398 e. The lowest BCUT2D eigenvalue weighted by molar-refractivity contribution is 0.589. The molecule has 0 spiro atoms. The lowest BCUT2D eigenvalue weighted by Gasteiger charge is -2.06. The molecule has 0 radical (unpaired) electrons. The standard InChI is InChI=1S/C11H10FNO2S2/c12-9-3-1-4-10(13)8(9)7-17(14,15)11-5-2-6-16-11/h1-6H,7,13H2. The molecule has 0 bridgehead atoms. The van der Waals surface area contributed by atoms with E-state index in [0.29, 0.717) is 0 Å². The van der Waals surface area contributed by atoms with E-state index in [4.69, 9.17) is 5.73 Å². The average Bonchev–Trinajstić information content (AvgIpc) is 2.77. The lowest BCUT2D eigenvalue weighted by Crippen LogP contribution is -2.07. The number of thiophene rings is 1. The van der Waals surface area contributed by atoms with Crippen LogP contribution in [0, 0.1) is 5.82 Å². The summed E-state index contributed by atoms with van der Waals surface area (Å²) < 4.78 is 37.6. The Kier molecular flexibility index (Phi) is 3.17. The Hall–Kier alpha value is -1.40. The molecule has 1 aromatic heterocycles. The number of benzene rings is 1. The van der Waals surface area contributed by atoms with Gasteiger partial charge in [-0.2, -0.15) is 0 Å². The molecule has 6 heteroatoms. The van der Waals surface area contributed by atoms with E-state index in [1.807, 2.05) is 0 Å². The molecular formula is C11H10FNO2S2. The Morgan fingerprint density at radius 2 is 2.00 bits per heavy atom. The molecule has 0 aliphatic carbocycles. The number of nitrogens with two attached hydrogens (primary N) is 1. The Labute approximate surface area is 103 Å². The molecule has 1 aromatic carbocycles. The Morgan fingerprint density at radius 3 is 2.59 bits per heavy atom. The number of sulfone groups is 1. The maximum Gasteiger partial charge on any atom is 0.192 e. The lowest BCUT2D eigenvalue weighted by atomic mass is 10.2. The quantitative estimate of drug-likeness (QED) is 0.872. The second-order valence-corrected chi connectivity index (χ2v) is 6.66. The van der Waals surface area contributed by atoms with E-state index in [1.165, 1.54) is 24.3 Å². The molecule has 3 nitrogen and oxygen atoms in total. The van der Waals surface area contributed by atoms with Crippen molar-refractivity contribution in [1.82, 2.24) is 0 Å². The van der Waals surface area contributed by atoms with Gasteiger partial charge in [-0.15, -0.1) is 11.3 Å². The van der Waals surface area contributed by atoms with Crippen LogP contribution in [-0.2, 0) is 15.6 Å². The van der Waals surface area contributed by atoms with Crippen LogP contribution in [0.25, 0.3) is 0 Å². The molecule has 0 aliphatic rings. The molecule has 1 heterocycles. The van der Waals surface area contributed by atoms with Gasteiger partial charge in [-0.1, -0.05) is 12.1 Å². The van der Waals surface area contributed by atoms with Crippen molar-refractivity contribution in [2.75, 3.05) is 5.73 Å². The predicted octanol–water partition coefficient (Wildman–Crippen LogP) is 2.44. The highest BCUT2D eigenvalue weighted by Gasteiger charge is 2.20. The van der Waals surface area contributed by atoms with Gasteiger partial charge in [0.2, 0.25) is 0 Å². The molecule has 0 amide bonds. The number of rotatable bonds is 3. The molecule has 2 N–H and O–H groups in total. The normalized spacial score (nSPS) is 11.6. The van der Waals surface area contributed by atoms with Crippen LogP contribution < -0.4 is 5.73 Å². The topological polar surface area (TPSA) is 60.2 Å². The number of halogens is 1. The zero-order valence-corrected chi connectivity index (χ0v) is 10.4. The fraction of sp³-hybridized carbons (Fsp3) is 0.0909. The van der Waals surface area contributed by atoms with Crippen LogP contribution in [0.2, 0.25) is 0 Å². The summed E-state index contributed by atoms with van der Waals surface area (Å²) in [6.45, 7) is 0. The van der Waals surface area contributed by atoms with Crippen molar-refractivity contribution in [3.05, 3.63) is 47.1 Å². The van der Waals surface area contributed by atoms with Gasteiger partial charge in [-0.05, 0) is 23.6 Å². The third kappa shape index (κ3) is 2.48. The molecule has 0 unspecified atom stereocenters. The van der Waals surface area contributed by atoms with Gasteiger partial charge in [0, 0.05) is 11.3 Å². The molecule has 2 rings (SSSR count). The molecule has 0 aliphatic heterocycles. The monoisotopic (exact) mass is 271 g/mol. The van der Waals surface area contributed by atoms with E-state index in [9.17, 15) is 12.8 Å². The maximum absolute atomic E-state index is 13.5. The van der Waals surface area contributed by atoms with Crippen LogP contribution in [-0.4, -0.2) is 8.42 Å². The van der Waals surface area contributed by atoms with Crippen LogP contribution in [0.1, 0.15) is 5.56 Å². The Morgan fingerprint density at radius 1 is 1.24 bits per heavy atom. The minimum atomic E-state index is -3.52. The fourth-order valence-electron chi connectivity index (χ4n) is 1.43. The van der Waals surface area contributed by atoms with Gasteiger partial charge < -0.3 is 5.73 Å². The predicted molar refractivity (Wildman–Crippen MR) is 66.0 cm³/mol. The molecule has 0 fully saturated rings. The number of hydrogen-bond acceptors (Lipinski definition) is 4. The molecule has 90 valence electrons. The fourth-order valence-corrected chi connectivity index (χ4v) is 3.92. The van der Waals surface area contributed by atoms with Gasteiger partial charge >= 0.3 is 0 Å². The van der Waals surface area contributed by atoms with Crippen molar-refractivity contribution < 1.29 is 12.8 Å². The summed E-state index contributed by atoms with van der Waals surface area (Å²) in [6.07, 6.45) is 0. The van der Waals surface area contributed by atoms with Gasteiger partial charge in [0.25, 0.3) is 0 Å². The molecule has 17 heavy (non-hydrogen) atoms. The summed E-state index contributed by atoms with van der Waals surface area (Å²) in [5.41, 5.74) is 5.77. The second-order valence-electron chi connectivity index (χ2n) is 3.50. The Bertz CT molecular complexity index is 601. The van der Waals surface area contributed by atoms with Crippen molar-refractivity contribution in [2.24, 2.45) is 0 Å². The van der Waals surface area contributed by atoms with Crippen LogP contribution in [0.3, 0.4) is 0 Å². The van der Waals surface area contributed by atoms with Crippen LogP contribution in [0.15, 0.2) is 39.9 Å². The summed E-state index contributed by atoms with van der Waals surface area (Å²) in [7, 11) is -3.52. The van der Waals surface area contributed by atoms with Crippen molar-refractivity contribution in [3.8, 4) is 0 Å². The summed E-state index contributed by atoms with van der Waals surface area (Å²) in [5, 5.41) is 1.66. The van der Waals surface area contributed by atoms with Crippen molar-refractivity contribution >= 4 is 26.9 Å². The minimum absolute atomic E-state index is 0.0286. The first-order valence-electron chi connectivity index (χ1n) is 4.80. The van der Waals surface area contributed by atoms with E-state index in [1.54, 1.807) is 11.4 Å². The first kappa shape index (κ1) is 12.1. The molecule has 0 saturated carbocycles. The van der Waals surface area contributed by atoms with E-state index in [0.717, 1.165) is 11.3 Å². The van der Waals surface area contributed by atoms with Crippen LogP contribution >= 0.6 is 11.3 Å². The summed E-state index contributed by atoms with van der Waals surface area (Å²) >= 11 is 1.11. The summed E-state index contributed by atoms with van der Waals surface area (Å²) in [6, 6.07) is 7.28. The van der Waals surface area contributed by atoms with Gasteiger partial charge in [-0.25, -0.2) is 12.8 Å². The first-order valence-corrected chi connectivity index (χ1v) is 7.33. The van der Waals surface area contributed by atoms with Gasteiger partial charge in [-0.3, -0.25) is 0 Å². The highest BCUT2D eigenvalue weighted by molar-refractivity contribution is 7.92. The number of hydrogen-bond donors (Lipinski definition) is 1. The van der Waals surface area contributed by atoms with Crippen molar-refractivity contribution in [3.63, 3.8) is 0 Å². The maximum atomic E-state index is 13.5. The third-order valence-electron chi connectivity index (χ3n) is 2.29.